The molecule has 0 aromatic heterocycles. The van der Waals surface area contributed by atoms with Gasteiger partial charge in [0.25, 0.3) is 0 Å². The molecule has 2 nitrogen and oxygen atoms in total. The van der Waals surface area contributed by atoms with Gasteiger partial charge in [-0.2, -0.15) is 0 Å². The Hall–Kier alpha value is -0.730. The summed E-state index contributed by atoms with van der Waals surface area (Å²) < 4.78 is 5.61. The Morgan fingerprint density at radius 1 is 1.28 bits per heavy atom. The minimum Gasteiger partial charge on any atom is -0.496 e. The van der Waals surface area contributed by atoms with Crippen LogP contribution in [0.2, 0.25) is 5.02 Å². The molecule has 0 spiro atoms. The number of halogens is 1. The second-order valence-corrected chi connectivity index (χ2v) is 5.80. The Labute approximate surface area is 114 Å². The number of hydrogen-bond donors (Lipinski definition) is 1. The van der Waals surface area contributed by atoms with Gasteiger partial charge >= 0.3 is 0 Å². The van der Waals surface area contributed by atoms with E-state index in [1.54, 1.807) is 7.11 Å². The number of ether oxygens (including phenoxy) is 1. The van der Waals surface area contributed by atoms with Crippen LogP contribution < -0.4 is 10.5 Å². The lowest BCUT2D eigenvalue weighted by Crippen LogP contribution is -2.33. The fourth-order valence-corrected chi connectivity index (χ4v) is 3.63. The molecule has 1 aromatic carbocycles. The van der Waals surface area contributed by atoms with Crippen LogP contribution >= 0.6 is 11.6 Å². The lowest BCUT2D eigenvalue weighted by atomic mass is 9.77. The van der Waals surface area contributed by atoms with E-state index in [0.717, 1.165) is 40.3 Å². The van der Waals surface area contributed by atoms with Gasteiger partial charge in [-0.3, -0.25) is 0 Å². The van der Waals surface area contributed by atoms with Gasteiger partial charge in [0.1, 0.15) is 5.75 Å². The first-order valence-electron chi connectivity index (χ1n) is 6.60. The Kier molecular flexibility index (Phi) is 3.88. The van der Waals surface area contributed by atoms with Crippen LogP contribution in [0.3, 0.4) is 0 Å². The molecule has 1 aliphatic rings. The van der Waals surface area contributed by atoms with Gasteiger partial charge in [0.2, 0.25) is 0 Å². The molecule has 0 heterocycles. The zero-order chi connectivity index (χ0) is 13.3. The number of hydrogen-bond acceptors (Lipinski definition) is 2. The molecule has 0 bridgehead atoms. The van der Waals surface area contributed by atoms with Gasteiger partial charge in [0.05, 0.1) is 12.1 Å². The average Bonchev–Trinajstić information content (AvgIpc) is 2.83. The predicted octanol–water partition coefficient (Wildman–Crippen LogP) is 3.74. The maximum atomic E-state index is 6.56. The van der Waals surface area contributed by atoms with E-state index in [9.17, 15) is 0 Å². The highest BCUT2D eigenvalue weighted by Crippen LogP contribution is 2.48. The molecule has 1 aliphatic carbocycles. The van der Waals surface area contributed by atoms with Crippen LogP contribution in [-0.2, 0) is 5.41 Å². The normalized spacial score (nSPS) is 18.1. The van der Waals surface area contributed by atoms with Crippen molar-refractivity contribution >= 4 is 11.6 Å². The molecule has 1 aromatic rings. The van der Waals surface area contributed by atoms with E-state index < -0.39 is 0 Å². The van der Waals surface area contributed by atoms with Crippen molar-refractivity contribution in [2.24, 2.45) is 5.73 Å². The van der Waals surface area contributed by atoms with Crippen LogP contribution in [0.1, 0.15) is 42.4 Å². The summed E-state index contributed by atoms with van der Waals surface area (Å²) in [6, 6.07) is 2.09. The summed E-state index contributed by atoms with van der Waals surface area (Å²) in [5.41, 5.74) is 9.50. The van der Waals surface area contributed by atoms with Crippen LogP contribution in [0.15, 0.2) is 6.07 Å². The zero-order valence-corrected chi connectivity index (χ0v) is 12.2. The van der Waals surface area contributed by atoms with Gasteiger partial charge in [0.15, 0.2) is 0 Å². The zero-order valence-electron chi connectivity index (χ0n) is 11.5. The van der Waals surface area contributed by atoms with Gasteiger partial charge in [-0.05, 0) is 37.8 Å². The van der Waals surface area contributed by atoms with Gasteiger partial charge < -0.3 is 10.5 Å². The van der Waals surface area contributed by atoms with Crippen molar-refractivity contribution in [2.45, 2.75) is 44.9 Å². The molecule has 1 saturated carbocycles. The standard InChI is InChI=1S/C15H22ClNO/c1-10-8-11(2)14(18-3)12(13(10)16)15(9-17)6-4-5-7-15/h8H,4-7,9,17H2,1-3H3. The SMILES string of the molecule is COc1c(C)cc(C)c(Cl)c1C1(CN)CCCC1. The van der Waals surface area contributed by atoms with E-state index in [2.05, 4.69) is 19.9 Å². The number of nitrogens with two attached hydrogens (primary N) is 1. The van der Waals surface area contributed by atoms with E-state index in [-0.39, 0.29) is 5.41 Å². The molecule has 0 atom stereocenters. The highest BCUT2D eigenvalue weighted by atomic mass is 35.5. The highest BCUT2D eigenvalue weighted by molar-refractivity contribution is 6.32. The van der Waals surface area contributed by atoms with Crippen molar-refractivity contribution < 1.29 is 4.74 Å². The van der Waals surface area contributed by atoms with Crippen LogP contribution in [0.4, 0.5) is 0 Å². The highest BCUT2D eigenvalue weighted by Gasteiger charge is 2.39. The van der Waals surface area contributed by atoms with E-state index in [1.165, 1.54) is 12.8 Å². The largest absolute Gasteiger partial charge is 0.496 e. The maximum Gasteiger partial charge on any atom is 0.127 e. The fourth-order valence-electron chi connectivity index (χ4n) is 3.29. The summed E-state index contributed by atoms with van der Waals surface area (Å²) in [6.07, 6.45) is 4.68. The first-order chi connectivity index (χ1) is 8.55. The number of methoxy groups -OCH3 is 1. The third-order valence-electron chi connectivity index (χ3n) is 4.27. The Bertz CT molecular complexity index is 450. The van der Waals surface area contributed by atoms with Crippen molar-refractivity contribution in [1.29, 1.82) is 0 Å². The third kappa shape index (κ3) is 2.02. The maximum absolute atomic E-state index is 6.56. The van der Waals surface area contributed by atoms with Gasteiger partial charge in [-0.25, -0.2) is 0 Å². The van der Waals surface area contributed by atoms with E-state index in [1.807, 2.05) is 0 Å². The van der Waals surface area contributed by atoms with Crippen molar-refractivity contribution in [3.63, 3.8) is 0 Å². The fraction of sp³-hybridized carbons (Fsp3) is 0.600. The Balaban J connectivity index is 2.67. The molecule has 1 fully saturated rings. The van der Waals surface area contributed by atoms with E-state index in [4.69, 9.17) is 22.1 Å². The molecule has 2 rings (SSSR count). The minimum absolute atomic E-state index is 0.0131. The predicted molar refractivity (Wildman–Crippen MR) is 76.7 cm³/mol. The summed E-state index contributed by atoms with van der Waals surface area (Å²) in [6.45, 7) is 4.77. The number of rotatable bonds is 3. The Morgan fingerprint density at radius 3 is 2.39 bits per heavy atom. The smallest absolute Gasteiger partial charge is 0.127 e. The van der Waals surface area contributed by atoms with Crippen LogP contribution in [0.25, 0.3) is 0 Å². The quantitative estimate of drug-likeness (QED) is 0.906. The lowest BCUT2D eigenvalue weighted by molar-refractivity contribution is 0.375. The van der Waals surface area contributed by atoms with Crippen LogP contribution in [0, 0.1) is 13.8 Å². The average molecular weight is 268 g/mol. The summed E-state index contributed by atoms with van der Waals surface area (Å²) >= 11 is 6.56. The number of benzene rings is 1. The third-order valence-corrected chi connectivity index (χ3v) is 4.76. The molecule has 0 saturated heterocycles. The summed E-state index contributed by atoms with van der Waals surface area (Å²) in [5.74, 6) is 0.929. The first-order valence-corrected chi connectivity index (χ1v) is 6.98. The molecule has 2 N–H and O–H groups in total. The van der Waals surface area contributed by atoms with Gasteiger partial charge in [-0.15, -0.1) is 0 Å². The summed E-state index contributed by atoms with van der Waals surface area (Å²) in [4.78, 5) is 0. The number of aryl methyl sites for hydroxylation is 2. The molecule has 0 amide bonds. The molecule has 3 heteroatoms. The molecule has 0 aliphatic heterocycles. The lowest BCUT2D eigenvalue weighted by Gasteiger charge is -2.32. The monoisotopic (exact) mass is 267 g/mol. The second kappa shape index (κ2) is 5.10. The van der Waals surface area contributed by atoms with Crippen molar-refractivity contribution in [3.05, 3.63) is 27.8 Å². The topological polar surface area (TPSA) is 35.2 Å². The molecule has 100 valence electrons. The molecular weight excluding hydrogens is 246 g/mol. The van der Waals surface area contributed by atoms with Gasteiger partial charge in [-0.1, -0.05) is 30.5 Å². The molecular formula is C15H22ClNO. The van der Waals surface area contributed by atoms with E-state index >= 15 is 0 Å². The summed E-state index contributed by atoms with van der Waals surface area (Å²) in [5, 5.41) is 0.838. The van der Waals surface area contributed by atoms with Gasteiger partial charge in [0, 0.05) is 17.5 Å². The van der Waals surface area contributed by atoms with Crippen molar-refractivity contribution in [1.82, 2.24) is 0 Å². The first kappa shape index (κ1) is 13.7. The van der Waals surface area contributed by atoms with E-state index in [0.29, 0.717) is 6.54 Å². The summed E-state index contributed by atoms with van der Waals surface area (Å²) in [7, 11) is 1.72. The molecule has 18 heavy (non-hydrogen) atoms. The van der Waals surface area contributed by atoms with Crippen LogP contribution in [0.5, 0.6) is 5.75 Å². The second-order valence-electron chi connectivity index (χ2n) is 5.42. The Morgan fingerprint density at radius 2 is 1.89 bits per heavy atom. The molecule has 0 radical (unpaired) electrons. The van der Waals surface area contributed by atoms with Crippen molar-refractivity contribution in [3.8, 4) is 5.75 Å². The molecule has 0 unspecified atom stereocenters. The van der Waals surface area contributed by atoms with Crippen molar-refractivity contribution in [2.75, 3.05) is 13.7 Å². The van der Waals surface area contributed by atoms with Crippen LogP contribution in [-0.4, -0.2) is 13.7 Å². The minimum atomic E-state index is 0.0131.